The number of hydrogen-bond donors (Lipinski definition) is 3. The van der Waals surface area contributed by atoms with Crippen LogP contribution in [0.4, 0.5) is 5.69 Å². The molecule has 3 N–H and O–H groups in total. The lowest BCUT2D eigenvalue weighted by molar-refractivity contribution is -0.114. The zero-order valence-electron chi connectivity index (χ0n) is 12.2. The monoisotopic (exact) mass is 377 g/mol. The Bertz CT molecular complexity index is 605. The predicted octanol–water partition coefficient (Wildman–Crippen LogP) is 1.68. The lowest BCUT2D eigenvalue weighted by atomic mass is 10.3. The van der Waals surface area contributed by atoms with Crippen LogP contribution in [-0.2, 0) is 14.8 Å². The van der Waals surface area contributed by atoms with Gasteiger partial charge >= 0.3 is 0 Å². The van der Waals surface area contributed by atoms with E-state index in [2.05, 4.69) is 31.3 Å². The molecular formula is C13H20BrN3O3S. The van der Waals surface area contributed by atoms with Crippen LogP contribution in [0.15, 0.2) is 27.6 Å². The summed E-state index contributed by atoms with van der Waals surface area (Å²) in [6.45, 7) is 6.34. The molecule has 0 bridgehead atoms. The number of halogens is 1. The number of nitrogens with one attached hydrogen (secondary N) is 3. The summed E-state index contributed by atoms with van der Waals surface area (Å²) >= 11 is 3.25. The standard InChI is InChI=1S/C13H20BrN3O3S/c1-4-15-9(2)8-16-21(19,20)11-5-6-13(12(14)7-11)17-10(3)18/h5-7,9,15-16H,4,8H2,1-3H3,(H,17,18)/t9-/m1/s1. The third kappa shape index (κ3) is 5.74. The van der Waals surface area contributed by atoms with E-state index in [0.29, 0.717) is 16.7 Å². The topological polar surface area (TPSA) is 87.3 Å². The molecule has 0 saturated heterocycles. The average Bonchev–Trinajstić information content (AvgIpc) is 2.39. The van der Waals surface area contributed by atoms with Gasteiger partial charge in [-0.15, -0.1) is 0 Å². The van der Waals surface area contributed by atoms with Gasteiger partial charge in [0.15, 0.2) is 0 Å². The molecule has 118 valence electrons. The molecule has 0 unspecified atom stereocenters. The Morgan fingerprint density at radius 2 is 2.05 bits per heavy atom. The van der Waals surface area contributed by atoms with Gasteiger partial charge in [-0.3, -0.25) is 4.79 Å². The highest BCUT2D eigenvalue weighted by Crippen LogP contribution is 2.25. The average molecular weight is 378 g/mol. The molecular weight excluding hydrogens is 358 g/mol. The highest BCUT2D eigenvalue weighted by Gasteiger charge is 2.16. The summed E-state index contributed by atoms with van der Waals surface area (Å²) in [6.07, 6.45) is 0. The van der Waals surface area contributed by atoms with Crippen molar-refractivity contribution in [2.75, 3.05) is 18.4 Å². The smallest absolute Gasteiger partial charge is 0.240 e. The van der Waals surface area contributed by atoms with E-state index in [1.807, 2.05) is 13.8 Å². The number of rotatable bonds is 7. The molecule has 0 aliphatic rings. The quantitative estimate of drug-likeness (QED) is 0.674. The zero-order valence-corrected chi connectivity index (χ0v) is 14.6. The van der Waals surface area contributed by atoms with E-state index < -0.39 is 10.0 Å². The zero-order chi connectivity index (χ0) is 16.0. The van der Waals surface area contributed by atoms with Crippen LogP contribution >= 0.6 is 15.9 Å². The highest BCUT2D eigenvalue weighted by atomic mass is 79.9. The Morgan fingerprint density at radius 1 is 1.38 bits per heavy atom. The van der Waals surface area contributed by atoms with Gasteiger partial charge in [-0.1, -0.05) is 6.92 Å². The predicted molar refractivity (Wildman–Crippen MR) is 86.8 cm³/mol. The van der Waals surface area contributed by atoms with Crippen molar-refractivity contribution < 1.29 is 13.2 Å². The Balaban J connectivity index is 2.84. The fraction of sp³-hybridized carbons (Fsp3) is 0.462. The molecule has 0 aromatic heterocycles. The number of sulfonamides is 1. The minimum Gasteiger partial charge on any atom is -0.325 e. The molecule has 8 heteroatoms. The van der Waals surface area contributed by atoms with Crippen LogP contribution in [-0.4, -0.2) is 33.5 Å². The summed E-state index contributed by atoms with van der Waals surface area (Å²) in [5, 5.41) is 5.74. The van der Waals surface area contributed by atoms with Gasteiger partial charge in [-0.05, 0) is 47.6 Å². The molecule has 1 amide bonds. The minimum atomic E-state index is -3.57. The molecule has 0 aliphatic carbocycles. The normalized spacial score (nSPS) is 13.0. The van der Waals surface area contributed by atoms with Crippen molar-refractivity contribution in [2.24, 2.45) is 0 Å². The van der Waals surface area contributed by atoms with Gasteiger partial charge in [-0.2, -0.15) is 0 Å². The Kier molecular flexibility index (Phi) is 6.79. The van der Waals surface area contributed by atoms with E-state index in [1.165, 1.54) is 19.1 Å². The van der Waals surface area contributed by atoms with Gasteiger partial charge in [-0.25, -0.2) is 13.1 Å². The van der Waals surface area contributed by atoms with Crippen molar-refractivity contribution in [3.05, 3.63) is 22.7 Å². The summed E-state index contributed by atoms with van der Waals surface area (Å²) in [5.74, 6) is -0.219. The molecule has 0 saturated carbocycles. The first-order valence-electron chi connectivity index (χ1n) is 6.56. The van der Waals surface area contributed by atoms with E-state index in [9.17, 15) is 13.2 Å². The Hall–Kier alpha value is -0.960. The minimum absolute atomic E-state index is 0.0480. The molecule has 0 heterocycles. The maximum absolute atomic E-state index is 12.2. The number of benzene rings is 1. The van der Waals surface area contributed by atoms with Crippen molar-refractivity contribution in [1.29, 1.82) is 0 Å². The molecule has 1 atom stereocenters. The van der Waals surface area contributed by atoms with Gasteiger partial charge < -0.3 is 10.6 Å². The molecule has 1 rings (SSSR count). The second-order valence-corrected chi connectivity index (χ2v) is 7.25. The second kappa shape index (κ2) is 7.88. The van der Waals surface area contributed by atoms with Crippen molar-refractivity contribution in [3.8, 4) is 0 Å². The first-order chi connectivity index (χ1) is 9.76. The number of hydrogen-bond acceptors (Lipinski definition) is 4. The van der Waals surface area contributed by atoms with Crippen LogP contribution in [0.1, 0.15) is 20.8 Å². The SMILES string of the molecule is CCN[C@H](C)CNS(=O)(=O)c1ccc(NC(C)=O)c(Br)c1. The Morgan fingerprint density at radius 3 is 2.57 bits per heavy atom. The summed E-state index contributed by atoms with van der Waals surface area (Å²) in [6, 6.07) is 4.52. The van der Waals surface area contributed by atoms with Crippen LogP contribution in [0.25, 0.3) is 0 Å². The first kappa shape index (κ1) is 18.1. The first-order valence-corrected chi connectivity index (χ1v) is 8.84. The molecule has 1 aromatic carbocycles. The molecule has 21 heavy (non-hydrogen) atoms. The molecule has 0 aliphatic heterocycles. The van der Waals surface area contributed by atoms with Crippen LogP contribution in [0.2, 0.25) is 0 Å². The molecule has 1 aromatic rings. The lowest BCUT2D eigenvalue weighted by Crippen LogP contribution is -2.38. The number of anilines is 1. The molecule has 0 fully saturated rings. The maximum atomic E-state index is 12.2. The summed E-state index contributed by atoms with van der Waals surface area (Å²) in [7, 11) is -3.57. The third-order valence-corrected chi connectivity index (χ3v) is 4.77. The summed E-state index contributed by atoms with van der Waals surface area (Å²) in [5.41, 5.74) is 0.530. The van der Waals surface area contributed by atoms with E-state index in [1.54, 1.807) is 6.07 Å². The van der Waals surface area contributed by atoms with Gasteiger partial charge in [0, 0.05) is 24.0 Å². The van der Waals surface area contributed by atoms with E-state index in [0.717, 1.165) is 6.54 Å². The van der Waals surface area contributed by atoms with Gasteiger partial charge in [0.2, 0.25) is 15.9 Å². The van der Waals surface area contributed by atoms with Crippen molar-refractivity contribution >= 4 is 37.5 Å². The van der Waals surface area contributed by atoms with Gasteiger partial charge in [0.25, 0.3) is 0 Å². The fourth-order valence-electron chi connectivity index (χ4n) is 1.69. The molecule has 6 nitrogen and oxygen atoms in total. The number of amides is 1. The van der Waals surface area contributed by atoms with Gasteiger partial charge in [0.1, 0.15) is 0 Å². The fourth-order valence-corrected chi connectivity index (χ4v) is 3.48. The van der Waals surface area contributed by atoms with E-state index >= 15 is 0 Å². The van der Waals surface area contributed by atoms with E-state index in [4.69, 9.17) is 0 Å². The van der Waals surface area contributed by atoms with Crippen LogP contribution < -0.4 is 15.4 Å². The summed E-state index contributed by atoms with van der Waals surface area (Å²) < 4.78 is 27.4. The molecule has 0 radical (unpaired) electrons. The Labute approximate surface area is 133 Å². The second-order valence-electron chi connectivity index (χ2n) is 4.63. The summed E-state index contributed by atoms with van der Waals surface area (Å²) in [4.78, 5) is 11.2. The van der Waals surface area contributed by atoms with E-state index in [-0.39, 0.29) is 16.8 Å². The van der Waals surface area contributed by atoms with Crippen molar-refractivity contribution in [1.82, 2.24) is 10.0 Å². The van der Waals surface area contributed by atoms with Crippen LogP contribution in [0.3, 0.4) is 0 Å². The van der Waals surface area contributed by atoms with Crippen LogP contribution in [0.5, 0.6) is 0 Å². The van der Waals surface area contributed by atoms with Crippen LogP contribution in [0, 0.1) is 0 Å². The lowest BCUT2D eigenvalue weighted by Gasteiger charge is -2.14. The number of carbonyl (C=O) groups excluding carboxylic acids is 1. The van der Waals surface area contributed by atoms with Gasteiger partial charge in [0.05, 0.1) is 10.6 Å². The third-order valence-electron chi connectivity index (χ3n) is 2.69. The largest absolute Gasteiger partial charge is 0.325 e. The van der Waals surface area contributed by atoms with Crippen molar-refractivity contribution in [2.45, 2.75) is 31.7 Å². The number of likely N-dealkylation sites (N-methyl/N-ethyl adjacent to an activating group) is 1. The maximum Gasteiger partial charge on any atom is 0.240 e. The highest BCUT2D eigenvalue weighted by molar-refractivity contribution is 9.10. The van der Waals surface area contributed by atoms with Crippen molar-refractivity contribution in [3.63, 3.8) is 0 Å². The molecule has 0 spiro atoms. The number of carbonyl (C=O) groups is 1.